The average molecular weight is 639 g/mol. The number of benzene rings is 7. The summed E-state index contributed by atoms with van der Waals surface area (Å²) in [6.07, 6.45) is 0. The van der Waals surface area contributed by atoms with Crippen molar-refractivity contribution in [2.45, 2.75) is 5.41 Å². The molecule has 7 aromatic carbocycles. The molecule has 3 nitrogen and oxygen atoms in total. The Morgan fingerprint density at radius 2 is 0.860 bits per heavy atom. The van der Waals surface area contributed by atoms with Gasteiger partial charge in [0.1, 0.15) is 11.5 Å². The second-order valence-corrected chi connectivity index (χ2v) is 12.9. The summed E-state index contributed by atoms with van der Waals surface area (Å²) in [7, 11) is 0. The van der Waals surface area contributed by atoms with E-state index >= 15 is 0 Å². The lowest BCUT2D eigenvalue weighted by atomic mass is 9.66. The molecule has 0 bridgehead atoms. The maximum atomic E-state index is 6.81. The van der Waals surface area contributed by atoms with E-state index in [4.69, 9.17) is 14.7 Å². The Bertz CT molecular complexity index is 2530. The third kappa shape index (κ3) is 4.30. The van der Waals surface area contributed by atoms with E-state index in [9.17, 15) is 0 Å². The van der Waals surface area contributed by atoms with Gasteiger partial charge in [-0.05, 0) is 57.6 Å². The zero-order valence-electron chi connectivity index (χ0n) is 27.1. The summed E-state index contributed by atoms with van der Waals surface area (Å²) in [6.45, 7) is 0. The van der Waals surface area contributed by atoms with E-state index in [1.165, 1.54) is 27.8 Å². The molecule has 0 amide bonds. The summed E-state index contributed by atoms with van der Waals surface area (Å²) in [5, 5.41) is 0. The molecule has 0 fully saturated rings. The lowest BCUT2D eigenvalue weighted by molar-refractivity contribution is 0.436. The maximum absolute atomic E-state index is 6.81. The van der Waals surface area contributed by atoms with Crippen molar-refractivity contribution in [3.8, 4) is 67.7 Å². The third-order valence-electron chi connectivity index (χ3n) is 10.2. The monoisotopic (exact) mass is 638 g/mol. The molecule has 10 rings (SSSR count). The van der Waals surface area contributed by atoms with Crippen molar-refractivity contribution in [3.05, 3.63) is 204 Å². The summed E-state index contributed by atoms with van der Waals surface area (Å²) in [6, 6.07) is 64.1. The van der Waals surface area contributed by atoms with E-state index in [-0.39, 0.29) is 0 Å². The van der Waals surface area contributed by atoms with Gasteiger partial charge in [0, 0.05) is 27.8 Å². The number of rotatable bonds is 4. The predicted molar refractivity (Wildman–Crippen MR) is 201 cm³/mol. The van der Waals surface area contributed by atoms with Gasteiger partial charge in [0.05, 0.1) is 16.8 Å². The highest BCUT2D eigenvalue weighted by atomic mass is 16.5. The van der Waals surface area contributed by atoms with Gasteiger partial charge in [-0.15, -0.1) is 0 Å². The van der Waals surface area contributed by atoms with Crippen LogP contribution < -0.4 is 4.74 Å². The van der Waals surface area contributed by atoms with Gasteiger partial charge in [0.25, 0.3) is 0 Å². The molecule has 1 aliphatic heterocycles. The van der Waals surface area contributed by atoms with Crippen LogP contribution in [0.15, 0.2) is 182 Å². The quantitative estimate of drug-likeness (QED) is 0.192. The van der Waals surface area contributed by atoms with Crippen LogP contribution in [0, 0.1) is 0 Å². The van der Waals surface area contributed by atoms with E-state index in [1.54, 1.807) is 0 Å². The molecule has 0 unspecified atom stereocenters. The first-order valence-electron chi connectivity index (χ1n) is 17.0. The molecule has 2 aliphatic rings. The minimum Gasteiger partial charge on any atom is -0.457 e. The fourth-order valence-corrected chi connectivity index (χ4v) is 7.97. The number of nitrogens with zero attached hydrogens (tertiary/aromatic N) is 2. The normalized spacial score (nSPS) is 13.1. The molecule has 50 heavy (non-hydrogen) atoms. The van der Waals surface area contributed by atoms with Gasteiger partial charge in [-0.25, -0.2) is 9.97 Å². The Hall–Kier alpha value is -6.58. The van der Waals surface area contributed by atoms with Crippen molar-refractivity contribution in [1.29, 1.82) is 0 Å². The smallest absolute Gasteiger partial charge is 0.160 e. The molecule has 234 valence electrons. The van der Waals surface area contributed by atoms with Crippen molar-refractivity contribution in [1.82, 2.24) is 9.97 Å². The summed E-state index contributed by atoms with van der Waals surface area (Å²) in [5.41, 5.74) is 13.9. The molecule has 1 spiro atoms. The zero-order chi connectivity index (χ0) is 33.1. The van der Waals surface area contributed by atoms with E-state index in [2.05, 4.69) is 158 Å². The van der Waals surface area contributed by atoms with Gasteiger partial charge in [-0.3, -0.25) is 0 Å². The van der Waals surface area contributed by atoms with Crippen molar-refractivity contribution < 1.29 is 4.74 Å². The van der Waals surface area contributed by atoms with Crippen LogP contribution in [0.3, 0.4) is 0 Å². The van der Waals surface area contributed by atoms with Crippen molar-refractivity contribution in [2.24, 2.45) is 0 Å². The van der Waals surface area contributed by atoms with Crippen LogP contribution in [0.25, 0.3) is 56.2 Å². The number of fused-ring (bicyclic) bond motifs is 9. The van der Waals surface area contributed by atoms with E-state index in [0.29, 0.717) is 5.82 Å². The lowest BCUT2D eigenvalue weighted by Gasteiger charge is -2.39. The highest BCUT2D eigenvalue weighted by Gasteiger charge is 2.50. The number of para-hydroxylation sites is 1. The summed E-state index contributed by atoms with van der Waals surface area (Å²) < 4.78 is 6.81. The Morgan fingerprint density at radius 1 is 0.340 bits per heavy atom. The molecule has 3 heteroatoms. The van der Waals surface area contributed by atoms with E-state index < -0.39 is 5.41 Å². The van der Waals surface area contributed by atoms with Crippen LogP contribution in [-0.4, -0.2) is 9.97 Å². The summed E-state index contributed by atoms with van der Waals surface area (Å²) in [4.78, 5) is 10.3. The fourth-order valence-electron chi connectivity index (χ4n) is 7.97. The zero-order valence-corrected chi connectivity index (χ0v) is 27.1. The Labute approximate surface area is 291 Å². The SMILES string of the molecule is c1ccc(-c2cccc(-c3cc(-c4ccc5c(c4)Oc4ccccc4C54c5ccccc5-c5ccccc54)nc(-c4ccccc4)n3)c2)cc1. The molecule has 0 radical (unpaired) electrons. The van der Waals surface area contributed by atoms with Gasteiger partial charge >= 0.3 is 0 Å². The molecule has 2 heterocycles. The van der Waals surface area contributed by atoms with Gasteiger partial charge < -0.3 is 4.74 Å². The standard InChI is InChI=1S/C47H30N2O/c1-3-14-31(15-4-1)33-18-13-19-34(28-33)42-30-43(49-46(48-42)32-16-5-2-6-17-32)35-26-27-41-45(29-35)50-44-25-12-11-24-40(44)47(41)38-22-9-7-20-36(38)37-21-8-10-23-39(37)47/h1-30H. The van der Waals surface area contributed by atoms with E-state index in [1.807, 2.05) is 24.3 Å². The maximum Gasteiger partial charge on any atom is 0.160 e. The summed E-state index contributed by atoms with van der Waals surface area (Å²) >= 11 is 0. The fraction of sp³-hybridized carbons (Fsp3) is 0.0213. The van der Waals surface area contributed by atoms with Crippen LogP contribution in [-0.2, 0) is 5.41 Å². The van der Waals surface area contributed by atoms with Crippen molar-refractivity contribution in [3.63, 3.8) is 0 Å². The first-order chi connectivity index (χ1) is 24.8. The van der Waals surface area contributed by atoms with Gasteiger partial charge in [-0.2, -0.15) is 0 Å². The second-order valence-electron chi connectivity index (χ2n) is 12.9. The minimum absolute atomic E-state index is 0.500. The number of ether oxygens (including phenoxy) is 1. The number of aromatic nitrogens is 2. The average Bonchev–Trinajstić information content (AvgIpc) is 3.49. The van der Waals surface area contributed by atoms with Crippen LogP contribution in [0.4, 0.5) is 0 Å². The van der Waals surface area contributed by atoms with E-state index in [0.717, 1.165) is 56.3 Å². The Balaban J connectivity index is 1.17. The molecule has 1 aliphatic carbocycles. The minimum atomic E-state index is -0.500. The largest absolute Gasteiger partial charge is 0.457 e. The Morgan fingerprint density at radius 3 is 1.56 bits per heavy atom. The van der Waals surface area contributed by atoms with Gasteiger partial charge in [0.15, 0.2) is 5.82 Å². The third-order valence-corrected chi connectivity index (χ3v) is 10.2. The van der Waals surface area contributed by atoms with Crippen molar-refractivity contribution in [2.75, 3.05) is 0 Å². The van der Waals surface area contributed by atoms with Gasteiger partial charge in [-0.1, -0.05) is 158 Å². The van der Waals surface area contributed by atoms with Gasteiger partial charge in [0.2, 0.25) is 0 Å². The van der Waals surface area contributed by atoms with Crippen LogP contribution in [0.2, 0.25) is 0 Å². The van der Waals surface area contributed by atoms with Crippen LogP contribution in [0.1, 0.15) is 22.3 Å². The summed E-state index contributed by atoms with van der Waals surface area (Å²) in [5.74, 6) is 2.39. The first-order valence-corrected chi connectivity index (χ1v) is 17.0. The molecule has 1 aromatic heterocycles. The lowest BCUT2D eigenvalue weighted by Crippen LogP contribution is -2.32. The second kappa shape index (κ2) is 11.3. The predicted octanol–water partition coefficient (Wildman–Crippen LogP) is 11.6. The van der Waals surface area contributed by atoms with Crippen LogP contribution in [0.5, 0.6) is 11.5 Å². The first kappa shape index (κ1) is 28.4. The molecule has 0 saturated heterocycles. The molecule has 0 N–H and O–H groups in total. The molecule has 0 saturated carbocycles. The molecule has 8 aromatic rings. The van der Waals surface area contributed by atoms with Crippen LogP contribution >= 0.6 is 0 Å². The Kier molecular flexibility index (Phi) is 6.40. The molecular weight excluding hydrogens is 609 g/mol. The topological polar surface area (TPSA) is 35.0 Å². The highest BCUT2D eigenvalue weighted by molar-refractivity contribution is 5.89. The number of hydrogen-bond donors (Lipinski definition) is 0. The van der Waals surface area contributed by atoms with Crippen molar-refractivity contribution >= 4 is 0 Å². The molecule has 0 atom stereocenters. The highest BCUT2D eigenvalue weighted by Crippen LogP contribution is 2.62. The molecular formula is C47H30N2O. The number of hydrogen-bond acceptors (Lipinski definition) is 3.